The van der Waals surface area contributed by atoms with Gasteiger partial charge in [0.2, 0.25) is 0 Å². The fourth-order valence-electron chi connectivity index (χ4n) is 2.94. The Labute approximate surface area is 155 Å². The van der Waals surface area contributed by atoms with Crippen molar-refractivity contribution in [2.24, 2.45) is 5.92 Å². The second-order valence-corrected chi connectivity index (χ2v) is 6.90. The van der Waals surface area contributed by atoms with E-state index in [9.17, 15) is 4.79 Å². The number of nitrogens with zero attached hydrogens (tertiary/aromatic N) is 1. The Bertz CT molecular complexity index is 833. The molecule has 0 spiro atoms. The molecule has 1 aromatic carbocycles. The monoisotopic (exact) mass is 383 g/mol. The van der Waals surface area contributed by atoms with E-state index in [0.717, 1.165) is 29.5 Å². The number of rotatable bonds is 3. The van der Waals surface area contributed by atoms with Crippen LogP contribution in [0.25, 0.3) is 16.5 Å². The van der Waals surface area contributed by atoms with Crippen LogP contribution in [0.2, 0.25) is 15.1 Å². The van der Waals surface area contributed by atoms with E-state index >= 15 is 0 Å². The zero-order valence-corrected chi connectivity index (χ0v) is 15.4. The average molecular weight is 385 g/mol. The highest BCUT2D eigenvalue weighted by atomic mass is 35.5. The number of carbonyl (C=O) groups is 1. The van der Waals surface area contributed by atoms with Gasteiger partial charge in [0.15, 0.2) is 0 Å². The predicted molar refractivity (Wildman–Crippen MR) is 98.7 cm³/mol. The molecule has 0 aliphatic heterocycles. The molecule has 24 heavy (non-hydrogen) atoms. The van der Waals surface area contributed by atoms with E-state index in [4.69, 9.17) is 39.5 Å². The summed E-state index contributed by atoms with van der Waals surface area (Å²) in [7, 11) is 0. The van der Waals surface area contributed by atoms with E-state index in [-0.39, 0.29) is 11.9 Å². The molecule has 0 bridgehead atoms. The maximum absolute atomic E-state index is 12.0. The molecule has 0 saturated heterocycles. The number of hydrogen-bond acceptors (Lipinski definition) is 3. The van der Waals surface area contributed by atoms with Gasteiger partial charge in [-0.1, -0.05) is 40.9 Å². The number of esters is 1. The van der Waals surface area contributed by atoms with E-state index in [1.807, 2.05) is 13.0 Å². The molecule has 1 aromatic heterocycles. The molecule has 1 aliphatic rings. The first-order valence-electron chi connectivity index (χ1n) is 7.81. The van der Waals surface area contributed by atoms with Crippen LogP contribution in [0, 0.1) is 5.92 Å². The highest BCUT2D eigenvalue weighted by Gasteiger charge is 2.25. The van der Waals surface area contributed by atoms with Crippen molar-refractivity contribution in [2.75, 3.05) is 6.61 Å². The molecule has 1 aliphatic carbocycles. The lowest BCUT2D eigenvalue weighted by Crippen LogP contribution is -2.20. The number of hydrogen-bond donors (Lipinski definition) is 0. The smallest absolute Gasteiger partial charge is 0.309 e. The summed E-state index contributed by atoms with van der Waals surface area (Å²) in [4.78, 5) is 16.7. The third-order valence-electron chi connectivity index (χ3n) is 4.14. The molecule has 1 atom stereocenters. The van der Waals surface area contributed by atoms with Gasteiger partial charge in [0.05, 0.1) is 38.8 Å². The Morgan fingerprint density at radius 2 is 2.08 bits per heavy atom. The highest BCUT2D eigenvalue weighted by Crippen LogP contribution is 2.37. The molecule has 126 valence electrons. The number of ether oxygens (including phenoxy) is 1. The van der Waals surface area contributed by atoms with Crippen molar-refractivity contribution in [2.45, 2.75) is 26.2 Å². The van der Waals surface area contributed by atoms with Crippen LogP contribution in [0.4, 0.5) is 0 Å². The van der Waals surface area contributed by atoms with Crippen LogP contribution >= 0.6 is 34.8 Å². The first-order chi connectivity index (χ1) is 11.5. The van der Waals surface area contributed by atoms with Crippen molar-refractivity contribution < 1.29 is 9.53 Å². The van der Waals surface area contributed by atoms with Crippen LogP contribution in [-0.2, 0) is 9.53 Å². The van der Waals surface area contributed by atoms with Gasteiger partial charge in [-0.3, -0.25) is 4.79 Å². The molecule has 1 unspecified atom stereocenters. The van der Waals surface area contributed by atoms with E-state index in [1.54, 1.807) is 12.1 Å². The zero-order chi connectivity index (χ0) is 17.3. The molecule has 6 heteroatoms. The number of halogens is 3. The maximum Gasteiger partial charge on any atom is 0.309 e. The number of benzene rings is 1. The summed E-state index contributed by atoms with van der Waals surface area (Å²) in [6.45, 7) is 2.20. The van der Waals surface area contributed by atoms with Gasteiger partial charge in [-0.05, 0) is 50.0 Å². The fourth-order valence-corrected chi connectivity index (χ4v) is 3.55. The summed E-state index contributed by atoms with van der Waals surface area (Å²) in [5.74, 6) is -0.299. The number of aromatic nitrogens is 1. The Kier molecular flexibility index (Phi) is 5.33. The number of carbonyl (C=O) groups excluding carboxylic acids is 1. The third kappa shape index (κ3) is 3.39. The molecule has 3 rings (SSSR count). The van der Waals surface area contributed by atoms with Crippen LogP contribution in [0.15, 0.2) is 24.3 Å². The maximum atomic E-state index is 12.0. The quantitative estimate of drug-likeness (QED) is 0.615. The Morgan fingerprint density at radius 1 is 1.29 bits per heavy atom. The second kappa shape index (κ2) is 7.30. The Morgan fingerprint density at radius 3 is 2.83 bits per heavy atom. The van der Waals surface area contributed by atoms with Crippen molar-refractivity contribution >= 4 is 57.2 Å². The van der Waals surface area contributed by atoms with Gasteiger partial charge < -0.3 is 4.74 Å². The molecule has 0 saturated carbocycles. The van der Waals surface area contributed by atoms with Gasteiger partial charge >= 0.3 is 5.97 Å². The van der Waals surface area contributed by atoms with Gasteiger partial charge in [0.25, 0.3) is 0 Å². The minimum Gasteiger partial charge on any atom is -0.466 e. The molecular weight excluding hydrogens is 369 g/mol. The minimum absolute atomic E-state index is 0.143. The number of pyridine rings is 1. The summed E-state index contributed by atoms with van der Waals surface area (Å²) in [6.07, 6.45) is 4.28. The summed E-state index contributed by atoms with van der Waals surface area (Å²) in [5, 5.41) is 2.14. The van der Waals surface area contributed by atoms with E-state index in [0.29, 0.717) is 33.6 Å². The van der Waals surface area contributed by atoms with E-state index in [2.05, 4.69) is 11.1 Å². The minimum atomic E-state index is -0.156. The van der Waals surface area contributed by atoms with Crippen molar-refractivity contribution in [3.8, 4) is 0 Å². The summed E-state index contributed by atoms with van der Waals surface area (Å²) < 4.78 is 5.14. The lowest BCUT2D eigenvalue weighted by molar-refractivity contribution is -0.148. The molecule has 2 aromatic rings. The number of fused-ring (bicyclic) bond motifs is 1. The van der Waals surface area contributed by atoms with Gasteiger partial charge in [-0.15, -0.1) is 0 Å². The molecule has 0 N–H and O–H groups in total. The predicted octanol–water partition coefficient (Wildman–Crippen LogP) is 5.94. The van der Waals surface area contributed by atoms with Gasteiger partial charge in [-0.2, -0.15) is 0 Å². The summed E-state index contributed by atoms with van der Waals surface area (Å²) >= 11 is 18.8. The van der Waals surface area contributed by atoms with E-state index < -0.39 is 0 Å². The fraction of sp³-hybridized carbons (Fsp3) is 0.333. The van der Waals surface area contributed by atoms with Crippen LogP contribution in [0.5, 0.6) is 0 Å². The average Bonchev–Trinajstić information content (AvgIpc) is 2.58. The second-order valence-electron chi connectivity index (χ2n) is 5.71. The lowest BCUT2D eigenvalue weighted by atomic mass is 9.87. The Hall–Kier alpha value is -1.29. The van der Waals surface area contributed by atoms with Crippen LogP contribution < -0.4 is 0 Å². The normalized spacial score (nSPS) is 17.7. The third-order valence-corrected chi connectivity index (χ3v) is 5.25. The largest absolute Gasteiger partial charge is 0.466 e. The lowest BCUT2D eigenvalue weighted by Gasteiger charge is -2.21. The molecule has 0 amide bonds. The van der Waals surface area contributed by atoms with Crippen molar-refractivity contribution in [1.82, 2.24) is 4.98 Å². The van der Waals surface area contributed by atoms with Gasteiger partial charge in [-0.25, -0.2) is 4.98 Å². The van der Waals surface area contributed by atoms with Crippen molar-refractivity contribution in [3.63, 3.8) is 0 Å². The van der Waals surface area contributed by atoms with Crippen molar-refractivity contribution in [1.29, 1.82) is 0 Å². The van der Waals surface area contributed by atoms with Crippen LogP contribution in [0.3, 0.4) is 0 Å². The first kappa shape index (κ1) is 17.5. The molecule has 3 nitrogen and oxygen atoms in total. The zero-order valence-electron chi connectivity index (χ0n) is 13.1. The van der Waals surface area contributed by atoms with Gasteiger partial charge in [0, 0.05) is 5.39 Å². The number of allylic oxidation sites excluding steroid dienone is 2. The Balaban J connectivity index is 1.99. The topological polar surface area (TPSA) is 39.2 Å². The standard InChI is InChI=1S/C18H16Cl3NO2/c1-2-24-18(23)11-5-3-4-10(8-11)15-9-14(20)12-6-7-13(19)16(21)17(12)22-15/h4,6-7,9,11H,2-3,5,8H2,1H3. The molecule has 1 heterocycles. The van der Waals surface area contributed by atoms with Crippen LogP contribution in [0.1, 0.15) is 31.9 Å². The molecule has 0 radical (unpaired) electrons. The first-order valence-corrected chi connectivity index (χ1v) is 8.95. The van der Waals surface area contributed by atoms with E-state index in [1.165, 1.54) is 0 Å². The summed E-state index contributed by atoms with van der Waals surface area (Å²) in [5.41, 5.74) is 2.29. The SMILES string of the molecule is CCOC(=O)C1CCC=C(c2cc(Cl)c3ccc(Cl)c(Cl)c3n2)C1. The van der Waals surface area contributed by atoms with Crippen molar-refractivity contribution in [3.05, 3.63) is 45.0 Å². The van der Waals surface area contributed by atoms with Crippen LogP contribution in [-0.4, -0.2) is 17.6 Å². The molecular formula is C18H16Cl3NO2. The molecule has 0 fully saturated rings. The highest BCUT2D eigenvalue weighted by molar-refractivity contribution is 6.46. The summed E-state index contributed by atoms with van der Waals surface area (Å²) in [6, 6.07) is 5.32. The van der Waals surface area contributed by atoms with Gasteiger partial charge in [0.1, 0.15) is 0 Å².